The summed E-state index contributed by atoms with van der Waals surface area (Å²) in [6.07, 6.45) is 65.2. The summed E-state index contributed by atoms with van der Waals surface area (Å²) in [5.41, 5.74) is 0. The normalized spacial score (nSPS) is 12.4. The standard InChI is InChI=1S/C59H106O6/c1-4-7-10-13-16-19-22-25-27-28-29-30-32-34-37-40-43-46-49-52-58(61)64-55-56(54-63-57(60)51-48-45-42-39-36-33-24-21-18-15-12-9-6-3)65-59(62)53-50-47-44-41-38-35-31-26-23-20-17-14-11-8-5-2/h17,20,23,26,28-29,33,36,56H,4-16,18-19,21-22,24-25,27,30-32,34-35,37-55H2,1-3H3/b20-17-,26-23-,29-28-,36-33-. The topological polar surface area (TPSA) is 78.9 Å². The molecule has 65 heavy (non-hydrogen) atoms. The molecule has 0 N–H and O–H groups in total. The van der Waals surface area contributed by atoms with Gasteiger partial charge >= 0.3 is 17.9 Å². The molecule has 0 aliphatic carbocycles. The molecular weight excluding hydrogens is 805 g/mol. The third-order valence-electron chi connectivity index (χ3n) is 12.3. The Morgan fingerprint density at radius 2 is 0.554 bits per heavy atom. The van der Waals surface area contributed by atoms with Crippen molar-refractivity contribution in [3.63, 3.8) is 0 Å². The summed E-state index contributed by atoms with van der Waals surface area (Å²) in [5.74, 6) is -0.906. The molecule has 6 heteroatoms. The van der Waals surface area contributed by atoms with Crippen molar-refractivity contribution >= 4 is 17.9 Å². The van der Waals surface area contributed by atoms with Crippen LogP contribution in [0.2, 0.25) is 0 Å². The Labute approximate surface area is 403 Å². The lowest BCUT2D eigenvalue weighted by molar-refractivity contribution is -0.167. The lowest BCUT2D eigenvalue weighted by atomic mass is 10.1. The second kappa shape index (κ2) is 54.0. The van der Waals surface area contributed by atoms with Crippen molar-refractivity contribution in [2.75, 3.05) is 13.2 Å². The molecule has 0 saturated carbocycles. The van der Waals surface area contributed by atoms with E-state index in [9.17, 15) is 14.4 Å². The van der Waals surface area contributed by atoms with E-state index in [1.54, 1.807) is 0 Å². The Morgan fingerprint density at radius 1 is 0.308 bits per heavy atom. The summed E-state index contributed by atoms with van der Waals surface area (Å²) in [4.78, 5) is 38.1. The zero-order chi connectivity index (χ0) is 47.2. The van der Waals surface area contributed by atoms with E-state index in [1.807, 2.05) is 0 Å². The lowest BCUT2D eigenvalue weighted by Gasteiger charge is -2.18. The SMILES string of the molecule is CCCCC/C=C\C=C/CCCCCCCCC(=O)OC(COC(=O)CCCCC/C=C\CCCCCCCC)COC(=O)CCCCCCCCC/C=C\CCCCCCCCCC. The van der Waals surface area contributed by atoms with Crippen molar-refractivity contribution in [3.8, 4) is 0 Å². The Balaban J connectivity index is 4.37. The number of rotatable bonds is 51. The van der Waals surface area contributed by atoms with Crippen LogP contribution in [-0.4, -0.2) is 37.2 Å². The maximum atomic E-state index is 12.8. The fraction of sp³-hybridized carbons (Fsp3) is 0.814. The number of hydrogen-bond donors (Lipinski definition) is 0. The van der Waals surface area contributed by atoms with E-state index in [-0.39, 0.29) is 31.1 Å². The number of esters is 3. The Kier molecular flexibility index (Phi) is 51.8. The number of unbranched alkanes of at least 4 members (excludes halogenated alkanes) is 33. The summed E-state index contributed by atoms with van der Waals surface area (Å²) in [7, 11) is 0. The molecule has 1 unspecified atom stereocenters. The largest absolute Gasteiger partial charge is 0.462 e. The Morgan fingerprint density at radius 3 is 0.908 bits per heavy atom. The average Bonchev–Trinajstić information content (AvgIpc) is 3.30. The highest BCUT2D eigenvalue weighted by Crippen LogP contribution is 2.15. The number of hydrogen-bond acceptors (Lipinski definition) is 6. The minimum atomic E-state index is -0.786. The molecule has 0 aromatic heterocycles. The van der Waals surface area contributed by atoms with E-state index in [0.717, 1.165) is 83.5 Å². The van der Waals surface area contributed by atoms with Gasteiger partial charge in [0.25, 0.3) is 0 Å². The predicted octanol–water partition coefficient (Wildman–Crippen LogP) is 18.7. The maximum absolute atomic E-state index is 12.8. The Bertz CT molecular complexity index is 1140. The monoisotopic (exact) mass is 911 g/mol. The summed E-state index contributed by atoms with van der Waals surface area (Å²) in [6.45, 7) is 6.60. The smallest absolute Gasteiger partial charge is 0.306 e. The highest BCUT2D eigenvalue weighted by molar-refractivity contribution is 5.71. The predicted molar refractivity (Wildman–Crippen MR) is 279 cm³/mol. The molecular formula is C59H106O6. The molecule has 0 radical (unpaired) electrons. The van der Waals surface area contributed by atoms with Gasteiger partial charge in [0, 0.05) is 19.3 Å². The molecule has 0 saturated heterocycles. The van der Waals surface area contributed by atoms with Gasteiger partial charge in [0.1, 0.15) is 13.2 Å². The summed E-state index contributed by atoms with van der Waals surface area (Å²) >= 11 is 0. The van der Waals surface area contributed by atoms with E-state index >= 15 is 0 Å². The van der Waals surface area contributed by atoms with Gasteiger partial charge in [-0.2, -0.15) is 0 Å². The van der Waals surface area contributed by atoms with Crippen LogP contribution in [0.1, 0.15) is 290 Å². The molecule has 0 spiro atoms. The molecule has 0 aromatic rings. The van der Waals surface area contributed by atoms with Crippen molar-refractivity contribution in [2.24, 2.45) is 0 Å². The van der Waals surface area contributed by atoms with Gasteiger partial charge in [0.2, 0.25) is 0 Å². The molecule has 378 valence electrons. The lowest BCUT2D eigenvalue weighted by Crippen LogP contribution is -2.30. The van der Waals surface area contributed by atoms with Crippen LogP contribution in [0.15, 0.2) is 48.6 Å². The summed E-state index contributed by atoms with van der Waals surface area (Å²) in [6, 6.07) is 0. The van der Waals surface area contributed by atoms with Crippen LogP contribution in [-0.2, 0) is 28.6 Å². The minimum absolute atomic E-state index is 0.0837. The molecule has 0 aliphatic rings. The molecule has 0 rings (SSSR count). The first-order valence-corrected chi connectivity index (χ1v) is 28.2. The van der Waals surface area contributed by atoms with Crippen molar-refractivity contribution in [1.29, 1.82) is 0 Å². The number of ether oxygens (including phenoxy) is 3. The van der Waals surface area contributed by atoms with Crippen molar-refractivity contribution in [3.05, 3.63) is 48.6 Å². The van der Waals surface area contributed by atoms with Gasteiger partial charge in [-0.3, -0.25) is 14.4 Å². The van der Waals surface area contributed by atoms with Crippen LogP contribution in [0.4, 0.5) is 0 Å². The van der Waals surface area contributed by atoms with Crippen molar-refractivity contribution in [1.82, 2.24) is 0 Å². The molecule has 0 amide bonds. The molecule has 0 heterocycles. The van der Waals surface area contributed by atoms with Gasteiger partial charge < -0.3 is 14.2 Å². The zero-order valence-corrected chi connectivity index (χ0v) is 43.3. The molecule has 6 nitrogen and oxygen atoms in total. The third-order valence-corrected chi connectivity index (χ3v) is 12.3. The highest BCUT2D eigenvalue weighted by Gasteiger charge is 2.19. The first kappa shape index (κ1) is 62.4. The number of carbonyl (C=O) groups excluding carboxylic acids is 3. The molecule has 0 aliphatic heterocycles. The van der Waals surface area contributed by atoms with Gasteiger partial charge in [-0.05, 0) is 96.3 Å². The number of carbonyl (C=O) groups is 3. The molecule has 1 atom stereocenters. The second-order valence-electron chi connectivity index (χ2n) is 18.9. The molecule has 0 aromatic carbocycles. The van der Waals surface area contributed by atoms with Gasteiger partial charge in [-0.15, -0.1) is 0 Å². The summed E-state index contributed by atoms with van der Waals surface area (Å²) < 4.78 is 16.8. The van der Waals surface area contributed by atoms with E-state index in [4.69, 9.17) is 14.2 Å². The van der Waals surface area contributed by atoms with E-state index in [1.165, 1.54) is 167 Å². The van der Waals surface area contributed by atoms with Crippen LogP contribution >= 0.6 is 0 Å². The first-order chi connectivity index (χ1) is 32.0. The minimum Gasteiger partial charge on any atom is -0.462 e. The maximum Gasteiger partial charge on any atom is 0.306 e. The highest BCUT2D eigenvalue weighted by atomic mass is 16.6. The van der Waals surface area contributed by atoms with Gasteiger partial charge in [0.15, 0.2) is 6.10 Å². The molecule has 0 fully saturated rings. The van der Waals surface area contributed by atoms with E-state index < -0.39 is 6.10 Å². The van der Waals surface area contributed by atoms with Crippen LogP contribution in [0.25, 0.3) is 0 Å². The van der Waals surface area contributed by atoms with Crippen molar-refractivity contribution in [2.45, 2.75) is 297 Å². The van der Waals surface area contributed by atoms with Crippen LogP contribution in [0.5, 0.6) is 0 Å². The van der Waals surface area contributed by atoms with Crippen LogP contribution in [0.3, 0.4) is 0 Å². The quantitative estimate of drug-likeness (QED) is 0.0199. The van der Waals surface area contributed by atoms with Crippen LogP contribution < -0.4 is 0 Å². The molecule has 0 bridgehead atoms. The summed E-state index contributed by atoms with van der Waals surface area (Å²) in [5, 5.41) is 0. The fourth-order valence-electron chi connectivity index (χ4n) is 8.01. The third kappa shape index (κ3) is 52.2. The van der Waals surface area contributed by atoms with Crippen molar-refractivity contribution < 1.29 is 28.6 Å². The fourth-order valence-corrected chi connectivity index (χ4v) is 8.01. The average molecular weight is 911 g/mol. The van der Waals surface area contributed by atoms with Gasteiger partial charge in [-0.1, -0.05) is 223 Å². The van der Waals surface area contributed by atoms with Crippen LogP contribution in [0, 0.1) is 0 Å². The first-order valence-electron chi connectivity index (χ1n) is 28.2. The Hall–Kier alpha value is -2.63. The zero-order valence-electron chi connectivity index (χ0n) is 43.3. The number of allylic oxidation sites excluding steroid dienone is 8. The second-order valence-corrected chi connectivity index (χ2v) is 18.9. The van der Waals surface area contributed by atoms with E-state index in [0.29, 0.717) is 19.3 Å². The van der Waals surface area contributed by atoms with Gasteiger partial charge in [0.05, 0.1) is 0 Å². The van der Waals surface area contributed by atoms with E-state index in [2.05, 4.69) is 69.4 Å². The van der Waals surface area contributed by atoms with Gasteiger partial charge in [-0.25, -0.2) is 0 Å².